The minimum absolute atomic E-state index is 0.0242. The van der Waals surface area contributed by atoms with Crippen molar-refractivity contribution in [2.75, 3.05) is 6.61 Å². The number of allylic oxidation sites excluding steroid dienone is 1. The van der Waals surface area contributed by atoms with Gasteiger partial charge in [-0.1, -0.05) is 6.08 Å². The number of phenols is 3. The lowest BCUT2D eigenvalue weighted by molar-refractivity contribution is -0.278. The number of aliphatic hydroxyl groups is 4. The average molecular weight is 615 g/mol. The maximum atomic E-state index is 13.6. The van der Waals surface area contributed by atoms with Crippen molar-refractivity contribution in [3.05, 3.63) is 58.3 Å². The fraction of sp³-hybridized carbons (Fsp3) is 0.419. The highest BCUT2D eigenvalue weighted by molar-refractivity contribution is 5.89. The molecule has 0 bridgehead atoms. The molecular formula is C31H34O13. The molecule has 0 radical (unpaired) electrons. The molecule has 0 saturated carbocycles. The van der Waals surface area contributed by atoms with Gasteiger partial charge in [-0.25, -0.2) is 4.79 Å². The van der Waals surface area contributed by atoms with E-state index in [0.717, 1.165) is 12.1 Å². The van der Waals surface area contributed by atoms with E-state index in [-0.39, 0.29) is 39.7 Å². The zero-order valence-corrected chi connectivity index (χ0v) is 23.9. The van der Waals surface area contributed by atoms with E-state index in [1.54, 1.807) is 19.9 Å². The van der Waals surface area contributed by atoms with Gasteiger partial charge in [0, 0.05) is 23.3 Å². The van der Waals surface area contributed by atoms with Gasteiger partial charge >= 0.3 is 5.97 Å². The van der Waals surface area contributed by atoms with Crippen LogP contribution in [0.15, 0.2) is 57.3 Å². The highest BCUT2D eigenvalue weighted by atomic mass is 16.7. The lowest BCUT2D eigenvalue weighted by Crippen LogP contribution is -2.60. The second-order valence-corrected chi connectivity index (χ2v) is 11.6. The zero-order chi connectivity index (χ0) is 31.9. The number of hydrogen-bond donors (Lipinski definition) is 7. The first-order valence-corrected chi connectivity index (χ1v) is 14.0. The quantitative estimate of drug-likeness (QED) is 0.189. The van der Waals surface area contributed by atoms with Gasteiger partial charge in [0.2, 0.25) is 17.5 Å². The number of carbonyl (C=O) groups is 1. The minimum Gasteiger partial charge on any atom is -0.508 e. The van der Waals surface area contributed by atoms with Crippen molar-refractivity contribution in [2.24, 2.45) is 5.92 Å². The van der Waals surface area contributed by atoms with Crippen molar-refractivity contribution in [3.8, 4) is 34.3 Å². The van der Waals surface area contributed by atoms with Crippen LogP contribution in [0.1, 0.15) is 33.1 Å². The van der Waals surface area contributed by atoms with Gasteiger partial charge in [-0.3, -0.25) is 4.79 Å². The van der Waals surface area contributed by atoms with Crippen LogP contribution in [-0.4, -0.2) is 84.6 Å². The van der Waals surface area contributed by atoms with Crippen LogP contribution in [0.2, 0.25) is 0 Å². The van der Waals surface area contributed by atoms with Crippen LogP contribution in [0.5, 0.6) is 23.0 Å². The van der Waals surface area contributed by atoms with E-state index in [9.17, 15) is 45.3 Å². The maximum absolute atomic E-state index is 13.6. The van der Waals surface area contributed by atoms with Gasteiger partial charge in [0.15, 0.2) is 5.76 Å². The number of esters is 1. The third kappa shape index (κ3) is 6.23. The van der Waals surface area contributed by atoms with Gasteiger partial charge in [-0.2, -0.15) is 0 Å². The number of benzene rings is 2. The number of rotatable bonds is 7. The minimum atomic E-state index is -1.88. The normalized spacial score (nSPS) is 25.8. The molecule has 1 aliphatic carbocycles. The molecule has 13 heteroatoms. The highest BCUT2D eigenvalue weighted by Crippen LogP contribution is 2.38. The van der Waals surface area contributed by atoms with E-state index >= 15 is 0 Å². The van der Waals surface area contributed by atoms with Gasteiger partial charge in [-0.05, 0) is 63.3 Å². The Labute approximate surface area is 250 Å². The van der Waals surface area contributed by atoms with Crippen LogP contribution < -0.4 is 10.2 Å². The number of aromatic hydroxyl groups is 3. The lowest BCUT2D eigenvalue weighted by atomic mass is 9.79. The predicted molar refractivity (Wildman–Crippen MR) is 153 cm³/mol. The summed E-state index contributed by atoms with van der Waals surface area (Å²) in [5, 5.41) is 71.8. The Kier molecular flexibility index (Phi) is 8.60. The van der Waals surface area contributed by atoms with E-state index in [1.807, 2.05) is 0 Å². The monoisotopic (exact) mass is 614 g/mol. The molecule has 1 aromatic heterocycles. The Morgan fingerprint density at radius 3 is 2.34 bits per heavy atom. The Bertz CT molecular complexity index is 1620. The molecule has 13 nitrogen and oxygen atoms in total. The van der Waals surface area contributed by atoms with Crippen molar-refractivity contribution in [1.82, 2.24) is 0 Å². The molecule has 0 amide bonds. The fourth-order valence-electron chi connectivity index (χ4n) is 5.36. The Balaban J connectivity index is 1.41. The van der Waals surface area contributed by atoms with Crippen molar-refractivity contribution in [1.29, 1.82) is 0 Å². The molecule has 236 valence electrons. The molecule has 2 aliphatic rings. The zero-order valence-electron chi connectivity index (χ0n) is 23.9. The topological polar surface area (TPSA) is 217 Å². The van der Waals surface area contributed by atoms with Crippen LogP contribution in [-0.2, 0) is 14.3 Å². The first-order chi connectivity index (χ1) is 20.7. The molecule has 2 heterocycles. The van der Waals surface area contributed by atoms with E-state index < -0.39 is 65.8 Å². The molecule has 44 heavy (non-hydrogen) atoms. The maximum Gasteiger partial charge on any atom is 0.333 e. The van der Waals surface area contributed by atoms with E-state index in [1.165, 1.54) is 24.3 Å². The molecule has 0 spiro atoms. The predicted octanol–water partition coefficient (Wildman–Crippen LogP) is 1.80. The number of carbonyl (C=O) groups excluding carboxylic acids is 1. The smallest absolute Gasteiger partial charge is 0.333 e. The van der Waals surface area contributed by atoms with Gasteiger partial charge in [0.1, 0.15) is 59.2 Å². The molecule has 1 saturated heterocycles. The number of phenolic OH excluding ortho intramolecular Hbond substituents is 3. The summed E-state index contributed by atoms with van der Waals surface area (Å²) in [4.78, 5) is 26.3. The van der Waals surface area contributed by atoms with Gasteiger partial charge in [-0.15, -0.1) is 0 Å². The molecule has 6 atom stereocenters. The molecule has 1 fully saturated rings. The second-order valence-electron chi connectivity index (χ2n) is 11.6. The summed E-state index contributed by atoms with van der Waals surface area (Å²) in [7, 11) is 0. The molecule has 1 aliphatic heterocycles. The average Bonchev–Trinajstić information content (AvgIpc) is 2.97. The van der Waals surface area contributed by atoms with Gasteiger partial charge in [0.05, 0.1) is 5.60 Å². The Morgan fingerprint density at radius 1 is 1.00 bits per heavy atom. The van der Waals surface area contributed by atoms with Crippen LogP contribution in [0.4, 0.5) is 0 Å². The SMILES string of the molecule is CC(C)(O)[C@H]1CC=C(C(=O)OC[C@H]2O[C@@H](Oc3c(-c4ccc(O)cc4)oc4cc(O)cc(O)c4c3=O)[C@H](O)[C@@H](O)[C@H]2O)CC1. The molecule has 2 aromatic carbocycles. The molecule has 5 rings (SSSR count). The number of ether oxygens (including phenoxy) is 3. The summed E-state index contributed by atoms with van der Waals surface area (Å²) in [6.07, 6.45) is -5.48. The summed E-state index contributed by atoms with van der Waals surface area (Å²) < 4.78 is 22.6. The summed E-state index contributed by atoms with van der Waals surface area (Å²) in [6, 6.07) is 7.45. The van der Waals surface area contributed by atoms with Crippen LogP contribution >= 0.6 is 0 Å². The summed E-state index contributed by atoms with van der Waals surface area (Å²) >= 11 is 0. The van der Waals surface area contributed by atoms with Crippen molar-refractivity contribution in [3.63, 3.8) is 0 Å². The lowest BCUT2D eigenvalue weighted by Gasteiger charge is -2.40. The Hall–Kier alpha value is -4.14. The van der Waals surface area contributed by atoms with E-state index in [4.69, 9.17) is 18.6 Å². The van der Waals surface area contributed by atoms with Gasteiger partial charge < -0.3 is 54.4 Å². The highest BCUT2D eigenvalue weighted by Gasteiger charge is 2.46. The molecule has 3 aromatic rings. The number of aliphatic hydroxyl groups excluding tert-OH is 3. The molecular weight excluding hydrogens is 580 g/mol. The molecule has 0 unspecified atom stereocenters. The largest absolute Gasteiger partial charge is 0.508 e. The summed E-state index contributed by atoms with van der Waals surface area (Å²) in [5.41, 5.74) is -1.40. The second kappa shape index (κ2) is 12.1. The summed E-state index contributed by atoms with van der Waals surface area (Å²) in [5.74, 6) is -2.56. The van der Waals surface area contributed by atoms with Gasteiger partial charge in [0.25, 0.3) is 0 Å². The summed E-state index contributed by atoms with van der Waals surface area (Å²) in [6.45, 7) is 2.88. The van der Waals surface area contributed by atoms with Crippen molar-refractivity contribution in [2.45, 2.75) is 69.4 Å². The third-order valence-corrected chi connectivity index (χ3v) is 8.00. The van der Waals surface area contributed by atoms with Crippen LogP contribution in [0, 0.1) is 5.92 Å². The first kappa shape index (κ1) is 31.3. The van der Waals surface area contributed by atoms with Crippen molar-refractivity contribution >= 4 is 16.9 Å². The number of hydrogen-bond acceptors (Lipinski definition) is 13. The van der Waals surface area contributed by atoms with E-state index in [2.05, 4.69) is 0 Å². The standard InChI is InChI=1S/C31H34O13/c1-31(2,40)16-7-3-15(4-8-16)29(39)41-13-21-23(35)25(37)26(38)30(43-21)44-28-24(36)22-19(34)11-18(33)12-20(22)42-27(28)14-5-9-17(32)10-6-14/h3,5-6,9-12,16,21,23,25-26,30,32-35,37-38,40H,4,7-8,13H2,1-2H3/t16-,21+,23-,25-,26+,30-/m0/s1. The number of fused-ring (bicyclic) bond motifs is 1. The third-order valence-electron chi connectivity index (χ3n) is 8.00. The first-order valence-electron chi connectivity index (χ1n) is 14.0. The van der Waals surface area contributed by atoms with E-state index in [0.29, 0.717) is 24.8 Å². The Morgan fingerprint density at radius 2 is 1.70 bits per heavy atom. The fourth-order valence-corrected chi connectivity index (χ4v) is 5.36. The van der Waals surface area contributed by atoms with Crippen LogP contribution in [0.25, 0.3) is 22.3 Å². The van der Waals surface area contributed by atoms with Crippen LogP contribution in [0.3, 0.4) is 0 Å². The molecule has 7 N–H and O–H groups in total. The van der Waals surface area contributed by atoms with Crippen molar-refractivity contribution < 1.29 is 59.2 Å².